The molecule has 28 N–H and O–H groups in total. The van der Waals surface area contributed by atoms with Crippen molar-refractivity contribution in [1.29, 1.82) is 0 Å². The number of hydrogen-bond donors (Lipinski definition) is 28. The van der Waals surface area contributed by atoms with Crippen LogP contribution in [0.5, 0.6) is 0 Å². The standard InChI is InChI=1S/C91H160N4O45/c1-7-9-11-13-15-17-19-21-23-25-27-29-31-33-49(106)48(95-58(109)34-32-30-28-26-24-22-20-18-16-14-12-10-8-2)43-125-85-71(119)69(117)76(56(41-101)132-85)134-87-72(120)81(65(113)52(37-97)127-87)138-84-61(94-47(6)105)79(136-86-70(118)68(116)62(110)44(3)126-86)77(57(42-102)131-84)135-88-73(121)80(64(112)53(38-98)128-88)137-83-60(93-46(5)104)67(115)75(55(40-100)130-83)133-89-74(122)82(66(114)54(39-99)129-89)140-91(90(123)124)35-50(107)59(92-45(4)103)78(139-91)63(111)51(108)36-96/h31,33,44,48-57,59-89,96-102,106-108,110-122H,7-30,32,34-43H2,1-6H3,(H,92,103)(H,93,104)(H,94,105)(H,95,109)(H,123,124)/b33-31+/t44?,48-,49+,50?,51+,52?,53?,54?,55?,56?,57?,59+,60?,61?,62+,63+,64-,65-,66-,67+,68?,69+,70-,71?,72?,73?,74?,75+,76+,77+,78?,79+,80-,81-,82-,83-,84-,85+,86+,87-,88-,89-,91-/m0/s1. The molecule has 8 fully saturated rings. The van der Waals surface area contributed by atoms with Crippen LogP contribution < -0.4 is 21.3 Å². The number of aliphatic hydroxyl groups excluding tert-OH is 23. The normalized spacial score (nSPS) is 39.2. The van der Waals surface area contributed by atoms with Crippen LogP contribution >= 0.6 is 0 Å². The molecule has 49 nitrogen and oxygen atoms in total. The second kappa shape index (κ2) is 60.3. The fourth-order valence-electron chi connectivity index (χ4n) is 18.8. The molecule has 0 bridgehead atoms. The van der Waals surface area contributed by atoms with Gasteiger partial charge in [-0.1, -0.05) is 167 Å². The van der Waals surface area contributed by atoms with Crippen molar-refractivity contribution in [3.05, 3.63) is 12.2 Å². The minimum Gasteiger partial charge on any atom is -0.477 e. The average molecular weight is 2030 g/mol. The summed E-state index contributed by atoms with van der Waals surface area (Å²) in [5.74, 6) is -8.64. The van der Waals surface area contributed by atoms with Crippen LogP contribution in [0.1, 0.15) is 215 Å². The van der Waals surface area contributed by atoms with Gasteiger partial charge in [-0.05, 0) is 26.2 Å². The minimum absolute atomic E-state index is 0.130. The molecular weight excluding hydrogens is 1870 g/mol. The summed E-state index contributed by atoms with van der Waals surface area (Å²) in [5, 5.41) is 282. The van der Waals surface area contributed by atoms with Gasteiger partial charge in [0.1, 0.15) is 183 Å². The number of nitrogens with one attached hydrogen (secondary N) is 4. The van der Waals surface area contributed by atoms with Crippen LogP contribution in [0, 0.1) is 0 Å². The number of ether oxygens (including phenoxy) is 16. The predicted molar refractivity (Wildman–Crippen MR) is 477 cm³/mol. The first-order valence-corrected chi connectivity index (χ1v) is 49.5. The maximum absolute atomic E-state index is 13.7. The zero-order chi connectivity index (χ0) is 103. The van der Waals surface area contributed by atoms with Crippen molar-refractivity contribution in [2.75, 3.05) is 52.9 Å². The molecule has 0 spiro atoms. The topological polar surface area (TPSA) is 767 Å². The first-order chi connectivity index (χ1) is 66.8. The van der Waals surface area contributed by atoms with E-state index in [0.717, 1.165) is 85.0 Å². The number of aliphatic carboxylic acids is 1. The zero-order valence-electron chi connectivity index (χ0n) is 80.5. The smallest absolute Gasteiger partial charge is 0.364 e. The third-order valence-electron chi connectivity index (χ3n) is 26.8. The van der Waals surface area contributed by atoms with Gasteiger partial charge in [0, 0.05) is 33.6 Å². The van der Waals surface area contributed by atoms with Gasteiger partial charge in [-0.3, -0.25) is 19.2 Å². The summed E-state index contributed by atoms with van der Waals surface area (Å²) < 4.78 is 96.5. The molecule has 16 unspecified atom stereocenters. The highest BCUT2D eigenvalue weighted by Crippen LogP contribution is 2.43. The Hall–Kier alpha value is -4.47. The molecule has 0 aromatic rings. The average Bonchev–Trinajstić information content (AvgIpc) is 0.749. The van der Waals surface area contributed by atoms with Crippen LogP contribution in [0.25, 0.3) is 0 Å². The maximum Gasteiger partial charge on any atom is 0.364 e. The van der Waals surface area contributed by atoms with E-state index in [1.807, 2.05) is 6.08 Å². The summed E-state index contributed by atoms with van der Waals surface area (Å²) >= 11 is 0. The van der Waals surface area contributed by atoms with Gasteiger partial charge in [0.2, 0.25) is 23.6 Å². The Kier molecular flexibility index (Phi) is 52.0. The Morgan fingerprint density at radius 3 is 1.21 bits per heavy atom. The number of rotatable bonds is 59. The molecule has 0 aromatic carbocycles. The molecular formula is C91H160N4O45. The van der Waals surface area contributed by atoms with Crippen molar-refractivity contribution >= 4 is 29.6 Å². The van der Waals surface area contributed by atoms with Crippen molar-refractivity contribution in [2.24, 2.45) is 0 Å². The molecule has 8 heterocycles. The van der Waals surface area contributed by atoms with Gasteiger partial charge in [0.15, 0.2) is 44.0 Å². The van der Waals surface area contributed by atoms with Gasteiger partial charge < -0.3 is 220 Å². The highest BCUT2D eigenvalue weighted by Gasteiger charge is 2.64. The molecule has 8 aliphatic rings. The summed E-state index contributed by atoms with van der Waals surface area (Å²) in [5.41, 5.74) is 0. The molecule has 43 atom stereocenters. The van der Waals surface area contributed by atoms with E-state index >= 15 is 0 Å². The summed E-state index contributed by atoms with van der Waals surface area (Å²) in [6.45, 7) is -0.239. The number of carbonyl (C=O) groups excluding carboxylic acids is 4. The lowest BCUT2D eigenvalue weighted by molar-refractivity contribution is -0.398. The largest absolute Gasteiger partial charge is 0.477 e. The van der Waals surface area contributed by atoms with Crippen LogP contribution in [0.3, 0.4) is 0 Å². The molecule has 0 saturated carbocycles. The lowest BCUT2D eigenvalue weighted by Gasteiger charge is -2.52. The molecule has 8 rings (SSSR count). The van der Waals surface area contributed by atoms with E-state index in [1.54, 1.807) is 6.08 Å². The van der Waals surface area contributed by atoms with E-state index in [4.69, 9.17) is 75.8 Å². The summed E-state index contributed by atoms with van der Waals surface area (Å²) in [6, 6.07) is -6.92. The number of unbranched alkanes of at least 4 members (excludes halogenated alkanes) is 23. The van der Waals surface area contributed by atoms with E-state index in [2.05, 4.69) is 35.1 Å². The molecule has 814 valence electrons. The zero-order valence-corrected chi connectivity index (χ0v) is 80.5. The van der Waals surface area contributed by atoms with Crippen molar-refractivity contribution in [3.8, 4) is 0 Å². The fourth-order valence-corrected chi connectivity index (χ4v) is 18.8. The predicted octanol–water partition coefficient (Wildman–Crippen LogP) is -7.18. The monoisotopic (exact) mass is 2030 g/mol. The van der Waals surface area contributed by atoms with Crippen LogP contribution in [0.4, 0.5) is 0 Å². The SMILES string of the molecule is CCCCCCCCCCCCC/C=C/[C@@H](O)[C@H](CO[C@@H]1OC(CO)[C@@H](O[C@@H]2OC(CO)[C@H](O)[C@H](O[C@@H]3OC(CO)[C@@H](O[C@@H]4OC(CO)[C@H](O)[C@H](O[C@@H]5OC(CO)[C@@H](O[C@@H]6OC(CO)[C@H](O)[C@H](O[C@]7(C(=O)O)CC(O)[C@@H](NC(C)=O)C([C@H](O)[C@H](O)CO)O7)C6O)[C@H](O)C5NC(C)=O)C4O)[C@H](O[C@H]4OC(C)[C@@H](O)C(O)[C@@H]4O)C3NC(C)=O)C2O)[C@H](O)C1O)NC(=O)CCCCCCCCCCCCCCC. The van der Waals surface area contributed by atoms with Crippen LogP contribution in [-0.4, -0.2) is 468 Å². The highest BCUT2D eigenvalue weighted by molar-refractivity contribution is 5.77. The molecule has 0 aromatic heterocycles. The van der Waals surface area contributed by atoms with Crippen molar-refractivity contribution in [2.45, 2.75) is 478 Å². The third-order valence-corrected chi connectivity index (χ3v) is 26.8. The number of carboxylic acid groups (broad SMARTS) is 1. The Bertz CT molecular complexity index is 3590. The minimum atomic E-state index is -3.28. The van der Waals surface area contributed by atoms with Gasteiger partial charge in [0.05, 0.1) is 83.3 Å². The Labute approximate surface area is 813 Å². The van der Waals surface area contributed by atoms with E-state index in [0.29, 0.717) is 12.8 Å². The molecule has 140 heavy (non-hydrogen) atoms. The first kappa shape index (κ1) is 121. The van der Waals surface area contributed by atoms with Crippen LogP contribution in [0.2, 0.25) is 0 Å². The second-order valence-electron chi connectivity index (χ2n) is 37.7. The van der Waals surface area contributed by atoms with E-state index in [9.17, 15) is 147 Å². The van der Waals surface area contributed by atoms with Crippen LogP contribution in [0.15, 0.2) is 12.2 Å². The summed E-state index contributed by atoms with van der Waals surface area (Å²) in [7, 11) is 0. The van der Waals surface area contributed by atoms with Gasteiger partial charge >= 0.3 is 5.97 Å². The second-order valence-corrected chi connectivity index (χ2v) is 37.7. The lowest BCUT2D eigenvalue weighted by atomic mass is 9.88. The number of allylic oxidation sites excluding steroid dienone is 1. The van der Waals surface area contributed by atoms with E-state index in [1.165, 1.54) is 90.4 Å². The number of carbonyl (C=O) groups is 5. The Morgan fingerprint density at radius 2 is 0.757 bits per heavy atom. The fraction of sp³-hybridized carbons (Fsp3) is 0.923. The van der Waals surface area contributed by atoms with Crippen molar-refractivity contribution in [1.82, 2.24) is 21.3 Å². The number of carboxylic acids is 1. The highest BCUT2D eigenvalue weighted by atomic mass is 16.8. The van der Waals surface area contributed by atoms with Crippen molar-refractivity contribution < 1.29 is 222 Å². The third kappa shape index (κ3) is 33.3. The van der Waals surface area contributed by atoms with Gasteiger partial charge in [0.25, 0.3) is 5.79 Å². The maximum atomic E-state index is 13.7. The van der Waals surface area contributed by atoms with Gasteiger partial charge in [-0.25, -0.2) is 4.79 Å². The van der Waals surface area contributed by atoms with Gasteiger partial charge in [-0.2, -0.15) is 0 Å². The Morgan fingerprint density at radius 1 is 0.386 bits per heavy atom. The number of hydrogen-bond acceptors (Lipinski definition) is 44. The van der Waals surface area contributed by atoms with Gasteiger partial charge in [-0.15, -0.1) is 0 Å². The van der Waals surface area contributed by atoms with E-state index in [-0.39, 0.29) is 12.3 Å². The lowest BCUT2D eigenvalue weighted by Crippen LogP contribution is -2.72. The molecule has 49 heteroatoms. The summed E-state index contributed by atoms with van der Waals surface area (Å²) in [6.07, 6.45) is -50.1. The van der Waals surface area contributed by atoms with E-state index < -0.39 is 346 Å². The van der Waals surface area contributed by atoms with Crippen molar-refractivity contribution in [3.63, 3.8) is 0 Å². The molecule has 8 saturated heterocycles. The van der Waals surface area contributed by atoms with Crippen LogP contribution in [-0.2, 0) is 99.8 Å². The molecule has 0 aliphatic carbocycles. The number of aliphatic hydroxyl groups is 23. The summed E-state index contributed by atoms with van der Waals surface area (Å²) in [4.78, 5) is 66.0. The molecule has 4 amide bonds. The number of amides is 4. The Balaban J connectivity index is 0.997. The quantitative estimate of drug-likeness (QED) is 0.0199. The molecule has 8 aliphatic heterocycles. The molecule has 0 radical (unpaired) electrons. The first-order valence-electron chi connectivity index (χ1n) is 49.5.